The highest BCUT2D eigenvalue weighted by Gasteiger charge is 2.31. The van der Waals surface area contributed by atoms with Gasteiger partial charge in [0.05, 0.1) is 5.75 Å². The van der Waals surface area contributed by atoms with Crippen LogP contribution in [0.15, 0.2) is 59.8 Å². The largest absolute Gasteiger partial charge is 0.325 e. The van der Waals surface area contributed by atoms with Crippen LogP contribution in [0.5, 0.6) is 0 Å². The molecule has 0 saturated heterocycles. The van der Waals surface area contributed by atoms with Crippen molar-refractivity contribution in [1.82, 2.24) is 14.8 Å². The minimum Gasteiger partial charge on any atom is -0.325 e. The molecule has 0 bridgehead atoms. The normalized spacial score (nSPS) is 14.0. The molecule has 3 aromatic rings. The summed E-state index contributed by atoms with van der Waals surface area (Å²) in [6, 6.07) is 18.2. The van der Waals surface area contributed by atoms with Gasteiger partial charge in [-0.15, -0.1) is 10.2 Å². The first-order chi connectivity index (χ1) is 13.9. The Balaban J connectivity index is 1.43. The molecule has 150 valence electrons. The van der Waals surface area contributed by atoms with Crippen LogP contribution >= 0.6 is 11.8 Å². The molecule has 1 aliphatic rings. The molecule has 1 aliphatic carbocycles. The van der Waals surface area contributed by atoms with E-state index in [1.165, 1.54) is 17.3 Å². The van der Waals surface area contributed by atoms with Crippen molar-refractivity contribution in [3.05, 3.63) is 66.0 Å². The number of hydrogen-bond acceptors (Lipinski definition) is 4. The van der Waals surface area contributed by atoms with Crippen molar-refractivity contribution in [3.8, 4) is 5.69 Å². The van der Waals surface area contributed by atoms with Crippen molar-refractivity contribution >= 4 is 23.4 Å². The molecule has 0 atom stereocenters. The molecule has 1 amide bonds. The van der Waals surface area contributed by atoms with E-state index in [1.54, 1.807) is 0 Å². The number of nitrogens with one attached hydrogen (secondary N) is 1. The highest BCUT2D eigenvalue weighted by atomic mass is 32.2. The molecule has 1 saturated carbocycles. The van der Waals surface area contributed by atoms with Crippen molar-refractivity contribution in [2.75, 3.05) is 11.1 Å². The number of carbonyl (C=O) groups excluding carboxylic acids is 1. The molecule has 0 radical (unpaired) electrons. The lowest BCUT2D eigenvalue weighted by Crippen LogP contribution is -2.15. The summed E-state index contributed by atoms with van der Waals surface area (Å²) in [6.45, 7) is 6.53. The van der Waals surface area contributed by atoms with Gasteiger partial charge >= 0.3 is 0 Å². The van der Waals surface area contributed by atoms with Crippen LogP contribution in [0, 0.1) is 0 Å². The maximum atomic E-state index is 12.5. The molecule has 0 spiro atoms. The van der Waals surface area contributed by atoms with Gasteiger partial charge in [0.1, 0.15) is 5.82 Å². The van der Waals surface area contributed by atoms with E-state index in [-0.39, 0.29) is 17.1 Å². The van der Waals surface area contributed by atoms with Crippen molar-refractivity contribution in [2.24, 2.45) is 0 Å². The molecule has 6 heteroatoms. The summed E-state index contributed by atoms with van der Waals surface area (Å²) in [5.41, 5.74) is 3.19. The van der Waals surface area contributed by atoms with E-state index in [2.05, 4.69) is 65.1 Å². The molecule has 1 heterocycles. The SMILES string of the molecule is CC(C)(C)c1ccc(NC(=O)CSc2nnc(C3CC3)n2-c2ccccc2)cc1. The maximum Gasteiger partial charge on any atom is 0.234 e. The summed E-state index contributed by atoms with van der Waals surface area (Å²) in [6.07, 6.45) is 2.31. The van der Waals surface area contributed by atoms with E-state index in [4.69, 9.17) is 0 Å². The molecule has 1 N–H and O–H groups in total. The molecular formula is C23H26N4OS. The second kappa shape index (κ2) is 8.03. The first-order valence-electron chi connectivity index (χ1n) is 9.96. The maximum absolute atomic E-state index is 12.5. The number of para-hydroxylation sites is 1. The Morgan fingerprint density at radius 1 is 1.07 bits per heavy atom. The Hall–Kier alpha value is -2.60. The predicted octanol–water partition coefficient (Wildman–Crippen LogP) is 5.17. The third kappa shape index (κ3) is 4.70. The van der Waals surface area contributed by atoms with Gasteiger partial charge in [-0.05, 0) is 48.1 Å². The Morgan fingerprint density at radius 2 is 1.76 bits per heavy atom. The van der Waals surface area contributed by atoms with Gasteiger partial charge in [-0.3, -0.25) is 9.36 Å². The van der Waals surface area contributed by atoms with Crippen molar-refractivity contribution in [2.45, 2.75) is 50.1 Å². The van der Waals surface area contributed by atoms with Crippen molar-refractivity contribution in [1.29, 1.82) is 0 Å². The second-order valence-corrected chi connectivity index (χ2v) is 9.39. The summed E-state index contributed by atoms with van der Waals surface area (Å²) >= 11 is 1.42. The molecule has 29 heavy (non-hydrogen) atoms. The summed E-state index contributed by atoms with van der Waals surface area (Å²) in [5.74, 6) is 1.72. The Bertz CT molecular complexity index is 986. The zero-order valence-corrected chi connectivity index (χ0v) is 17.9. The summed E-state index contributed by atoms with van der Waals surface area (Å²) in [4.78, 5) is 12.5. The van der Waals surface area contributed by atoms with Gasteiger partial charge in [0.2, 0.25) is 5.91 Å². The minimum atomic E-state index is -0.0471. The second-order valence-electron chi connectivity index (χ2n) is 8.45. The standard InChI is InChI=1S/C23H26N4OS/c1-23(2,3)17-11-13-18(14-12-17)24-20(28)15-29-22-26-25-21(16-9-10-16)27(22)19-7-5-4-6-8-19/h4-8,11-14,16H,9-10,15H2,1-3H3,(H,24,28). The monoisotopic (exact) mass is 406 g/mol. The van der Waals surface area contributed by atoms with Crippen molar-refractivity contribution in [3.63, 3.8) is 0 Å². The van der Waals surface area contributed by atoms with Crippen LogP contribution < -0.4 is 5.32 Å². The van der Waals surface area contributed by atoms with E-state index in [9.17, 15) is 4.79 Å². The molecule has 1 aromatic heterocycles. The number of rotatable bonds is 6. The van der Waals surface area contributed by atoms with E-state index < -0.39 is 0 Å². The third-order valence-electron chi connectivity index (χ3n) is 4.98. The van der Waals surface area contributed by atoms with E-state index >= 15 is 0 Å². The van der Waals surface area contributed by atoms with E-state index in [0.29, 0.717) is 5.92 Å². The molecule has 4 rings (SSSR count). The summed E-state index contributed by atoms with van der Waals surface area (Å²) in [7, 11) is 0. The van der Waals surface area contributed by atoms with Crippen LogP contribution in [0.4, 0.5) is 5.69 Å². The van der Waals surface area contributed by atoms with Crippen LogP contribution in [0.3, 0.4) is 0 Å². The predicted molar refractivity (Wildman–Crippen MR) is 118 cm³/mol. The molecule has 1 fully saturated rings. The number of thioether (sulfide) groups is 1. The highest BCUT2D eigenvalue weighted by Crippen LogP contribution is 2.41. The molecule has 2 aromatic carbocycles. The highest BCUT2D eigenvalue weighted by molar-refractivity contribution is 7.99. The number of nitrogens with zero attached hydrogens (tertiary/aromatic N) is 3. The average molecular weight is 407 g/mol. The smallest absolute Gasteiger partial charge is 0.234 e. The molecule has 0 aliphatic heterocycles. The lowest BCUT2D eigenvalue weighted by atomic mass is 9.87. The third-order valence-corrected chi connectivity index (χ3v) is 5.91. The topological polar surface area (TPSA) is 59.8 Å². The van der Waals surface area contributed by atoms with Crippen molar-refractivity contribution < 1.29 is 4.79 Å². The minimum absolute atomic E-state index is 0.0471. The van der Waals surface area contributed by atoms with Crippen LogP contribution in [0.1, 0.15) is 50.9 Å². The zero-order valence-electron chi connectivity index (χ0n) is 17.1. The van der Waals surface area contributed by atoms with Gasteiger partial charge in [-0.25, -0.2) is 0 Å². The van der Waals surface area contributed by atoms with Gasteiger partial charge < -0.3 is 5.32 Å². The molecule has 5 nitrogen and oxygen atoms in total. The number of benzene rings is 2. The van der Waals surface area contributed by atoms with E-state index in [0.717, 1.165) is 35.2 Å². The number of anilines is 1. The average Bonchev–Trinajstić information content (AvgIpc) is 3.46. The Morgan fingerprint density at radius 3 is 2.38 bits per heavy atom. The first kappa shape index (κ1) is 19.7. The van der Waals surface area contributed by atoms with E-state index in [1.807, 2.05) is 30.3 Å². The van der Waals surface area contributed by atoms with Crippen LogP contribution in [0.2, 0.25) is 0 Å². The lowest BCUT2D eigenvalue weighted by Gasteiger charge is -2.19. The first-order valence-corrected chi connectivity index (χ1v) is 10.9. The number of amides is 1. The number of hydrogen-bond donors (Lipinski definition) is 1. The molecular weight excluding hydrogens is 380 g/mol. The quantitative estimate of drug-likeness (QED) is 0.574. The van der Waals surface area contributed by atoms with Gasteiger partial charge in [0.15, 0.2) is 5.16 Å². The summed E-state index contributed by atoms with van der Waals surface area (Å²) < 4.78 is 2.09. The zero-order chi connectivity index (χ0) is 20.4. The fraction of sp³-hybridized carbons (Fsp3) is 0.348. The fourth-order valence-electron chi connectivity index (χ4n) is 3.18. The lowest BCUT2D eigenvalue weighted by molar-refractivity contribution is -0.113. The number of carbonyl (C=O) groups is 1. The van der Waals surface area contributed by atoms with Gasteiger partial charge in [0.25, 0.3) is 0 Å². The molecule has 0 unspecified atom stereocenters. The van der Waals surface area contributed by atoms with Crippen LogP contribution in [-0.2, 0) is 10.2 Å². The Labute approximate surface area is 175 Å². The summed E-state index contributed by atoms with van der Waals surface area (Å²) in [5, 5.41) is 12.5. The Kier molecular flexibility index (Phi) is 5.46. The van der Waals surface area contributed by atoms with Gasteiger partial charge in [0, 0.05) is 17.3 Å². The van der Waals surface area contributed by atoms with Gasteiger partial charge in [-0.2, -0.15) is 0 Å². The van der Waals surface area contributed by atoms with Crippen LogP contribution in [0.25, 0.3) is 5.69 Å². The van der Waals surface area contributed by atoms with Crippen LogP contribution in [-0.4, -0.2) is 26.4 Å². The van der Waals surface area contributed by atoms with Gasteiger partial charge in [-0.1, -0.05) is 62.9 Å². The number of aromatic nitrogens is 3. The fourth-order valence-corrected chi connectivity index (χ4v) is 3.94.